The van der Waals surface area contributed by atoms with Crippen molar-refractivity contribution in [3.8, 4) is 5.75 Å². The minimum atomic E-state index is -0.393. The molecule has 1 N–H and O–H groups in total. The van der Waals surface area contributed by atoms with Crippen LogP contribution in [-0.2, 0) is 0 Å². The number of ether oxygens (including phenoxy) is 1. The highest BCUT2D eigenvalue weighted by Crippen LogP contribution is 2.31. The van der Waals surface area contributed by atoms with Gasteiger partial charge in [-0.1, -0.05) is 29.5 Å². The van der Waals surface area contributed by atoms with Crippen LogP contribution in [0.5, 0.6) is 5.75 Å². The second-order valence-corrected chi connectivity index (χ2v) is 7.06. The van der Waals surface area contributed by atoms with E-state index in [1.807, 2.05) is 38.4 Å². The monoisotopic (exact) mass is 372 g/mol. The van der Waals surface area contributed by atoms with E-state index >= 15 is 0 Å². The van der Waals surface area contributed by atoms with Crippen molar-refractivity contribution in [3.63, 3.8) is 0 Å². The number of thiazole rings is 1. The zero-order chi connectivity index (χ0) is 18.7. The summed E-state index contributed by atoms with van der Waals surface area (Å²) in [6.45, 7) is 0.634. The van der Waals surface area contributed by atoms with E-state index in [4.69, 9.17) is 4.74 Å². The topological polar surface area (TPSA) is 80.5 Å². The van der Waals surface area contributed by atoms with Crippen LogP contribution in [0.25, 0.3) is 10.2 Å². The van der Waals surface area contributed by atoms with Gasteiger partial charge in [-0.15, -0.1) is 0 Å². The number of nitro benzene ring substituents is 1. The molecule has 0 aliphatic heterocycles. The van der Waals surface area contributed by atoms with E-state index in [0.29, 0.717) is 6.54 Å². The summed E-state index contributed by atoms with van der Waals surface area (Å²) in [6, 6.07) is 12.7. The average Bonchev–Trinajstić information content (AvgIpc) is 3.03. The van der Waals surface area contributed by atoms with Gasteiger partial charge in [-0.05, 0) is 26.2 Å². The number of nitrogens with zero attached hydrogens (tertiary/aromatic N) is 3. The minimum absolute atomic E-state index is 0.0767. The van der Waals surface area contributed by atoms with Gasteiger partial charge in [0.2, 0.25) is 0 Å². The molecule has 0 aliphatic carbocycles. The molecule has 0 radical (unpaired) electrons. The molecule has 1 atom stereocenters. The quantitative estimate of drug-likeness (QED) is 0.500. The van der Waals surface area contributed by atoms with Gasteiger partial charge in [-0.25, -0.2) is 4.98 Å². The molecule has 1 heterocycles. The zero-order valence-electron chi connectivity index (χ0n) is 14.8. The number of aromatic nitrogens is 1. The van der Waals surface area contributed by atoms with Crippen molar-refractivity contribution in [3.05, 3.63) is 58.1 Å². The molecule has 1 aromatic heterocycles. The SMILES string of the molecule is COc1ccccc1C(CNc1nc2ccc([N+](=O)[O-])cc2s1)N(C)C. The van der Waals surface area contributed by atoms with E-state index in [-0.39, 0.29) is 11.7 Å². The van der Waals surface area contributed by atoms with Crippen molar-refractivity contribution in [1.29, 1.82) is 0 Å². The fraction of sp³-hybridized carbons (Fsp3) is 0.278. The molecule has 0 bridgehead atoms. The van der Waals surface area contributed by atoms with Crippen LogP contribution < -0.4 is 10.1 Å². The van der Waals surface area contributed by atoms with Crippen LogP contribution in [0.1, 0.15) is 11.6 Å². The molecular weight excluding hydrogens is 352 g/mol. The molecule has 0 saturated heterocycles. The van der Waals surface area contributed by atoms with Crippen molar-refractivity contribution in [2.24, 2.45) is 0 Å². The number of hydrogen-bond acceptors (Lipinski definition) is 7. The molecular formula is C18H20N4O3S. The Morgan fingerprint density at radius 3 is 2.77 bits per heavy atom. The number of benzene rings is 2. The number of nitro groups is 1. The molecule has 7 nitrogen and oxygen atoms in total. The Hall–Kier alpha value is -2.71. The summed E-state index contributed by atoms with van der Waals surface area (Å²) in [6.07, 6.45) is 0. The predicted molar refractivity (Wildman–Crippen MR) is 104 cm³/mol. The lowest BCUT2D eigenvalue weighted by Crippen LogP contribution is -2.27. The lowest BCUT2D eigenvalue weighted by Gasteiger charge is -2.26. The summed E-state index contributed by atoms with van der Waals surface area (Å²) < 4.78 is 6.27. The van der Waals surface area contributed by atoms with Gasteiger partial charge in [0.25, 0.3) is 5.69 Å². The molecule has 0 aliphatic rings. The summed E-state index contributed by atoms with van der Waals surface area (Å²) in [5.74, 6) is 0.841. The number of hydrogen-bond donors (Lipinski definition) is 1. The highest BCUT2D eigenvalue weighted by atomic mass is 32.1. The highest BCUT2D eigenvalue weighted by molar-refractivity contribution is 7.22. The Balaban J connectivity index is 1.81. The van der Waals surface area contributed by atoms with E-state index < -0.39 is 4.92 Å². The molecule has 26 heavy (non-hydrogen) atoms. The van der Waals surface area contributed by atoms with Crippen LogP contribution in [0.3, 0.4) is 0 Å². The van der Waals surface area contributed by atoms with Crippen molar-refractivity contribution in [2.75, 3.05) is 33.1 Å². The molecule has 0 amide bonds. The Kier molecular flexibility index (Phi) is 5.34. The first kappa shape index (κ1) is 18.1. The Morgan fingerprint density at radius 1 is 1.31 bits per heavy atom. The standard InChI is InChI=1S/C18H20N4O3S/c1-21(2)15(13-6-4-5-7-16(13)25-3)11-19-18-20-14-9-8-12(22(23)24)10-17(14)26-18/h4-10,15H,11H2,1-3H3,(H,19,20). The number of rotatable bonds is 7. The summed E-state index contributed by atoms with van der Waals surface area (Å²) >= 11 is 1.41. The number of para-hydroxylation sites is 1. The smallest absolute Gasteiger partial charge is 0.270 e. The van der Waals surface area contributed by atoms with Crippen LogP contribution in [-0.4, -0.2) is 42.6 Å². The van der Waals surface area contributed by atoms with Gasteiger partial charge in [-0.3, -0.25) is 10.1 Å². The second-order valence-electron chi connectivity index (χ2n) is 6.03. The number of likely N-dealkylation sites (N-methyl/N-ethyl adjacent to an activating group) is 1. The van der Waals surface area contributed by atoms with E-state index in [0.717, 1.165) is 26.7 Å². The maximum absolute atomic E-state index is 10.9. The van der Waals surface area contributed by atoms with Crippen LogP contribution in [0, 0.1) is 10.1 Å². The third-order valence-electron chi connectivity index (χ3n) is 4.15. The largest absolute Gasteiger partial charge is 0.496 e. The van der Waals surface area contributed by atoms with Gasteiger partial charge in [0.15, 0.2) is 5.13 Å². The van der Waals surface area contributed by atoms with E-state index in [1.54, 1.807) is 19.2 Å². The van der Waals surface area contributed by atoms with Crippen LogP contribution >= 0.6 is 11.3 Å². The number of nitrogens with one attached hydrogen (secondary N) is 1. The maximum Gasteiger partial charge on any atom is 0.270 e. The van der Waals surface area contributed by atoms with Crippen LogP contribution in [0.15, 0.2) is 42.5 Å². The lowest BCUT2D eigenvalue weighted by molar-refractivity contribution is -0.384. The Bertz CT molecular complexity index is 926. The summed E-state index contributed by atoms with van der Waals surface area (Å²) in [7, 11) is 5.69. The number of anilines is 1. The Labute approximate surface area is 155 Å². The van der Waals surface area contributed by atoms with Gasteiger partial charge in [0.1, 0.15) is 5.75 Å². The fourth-order valence-corrected chi connectivity index (χ4v) is 3.70. The van der Waals surface area contributed by atoms with Gasteiger partial charge < -0.3 is 15.0 Å². The molecule has 1 unspecified atom stereocenters. The molecule has 0 spiro atoms. The fourth-order valence-electron chi connectivity index (χ4n) is 2.80. The molecule has 3 aromatic rings. The highest BCUT2D eigenvalue weighted by Gasteiger charge is 2.19. The third-order valence-corrected chi connectivity index (χ3v) is 5.13. The molecule has 136 valence electrons. The maximum atomic E-state index is 10.9. The van der Waals surface area contributed by atoms with E-state index in [9.17, 15) is 10.1 Å². The van der Waals surface area contributed by atoms with Crippen molar-refractivity contribution >= 4 is 32.4 Å². The molecule has 8 heteroatoms. The third kappa shape index (κ3) is 3.76. The summed E-state index contributed by atoms with van der Waals surface area (Å²) in [5, 5.41) is 15.0. The molecule has 0 saturated carbocycles. The number of methoxy groups -OCH3 is 1. The van der Waals surface area contributed by atoms with Gasteiger partial charge >= 0.3 is 0 Å². The van der Waals surface area contributed by atoms with Gasteiger partial charge in [0, 0.05) is 24.2 Å². The minimum Gasteiger partial charge on any atom is -0.496 e. The van der Waals surface area contributed by atoms with Crippen LogP contribution in [0.2, 0.25) is 0 Å². The zero-order valence-corrected chi connectivity index (χ0v) is 15.6. The average molecular weight is 372 g/mol. The van der Waals surface area contributed by atoms with Gasteiger partial charge in [0.05, 0.1) is 28.3 Å². The normalized spacial score (nSPS) is 12.3. The molecule has 2 aromatic carbocycles. The first-order chi connectivity index (χ1) is 12.5. The predicted octanol–water partition coefficient (Wildman–Crippen LogP) is 3.93. The summed E-state index contributed by atoms with van der Waals surface area (Å²) in [4.78, 5) is 17.2. The van der Waals surface area contributed by atoms with E-state index in [1.165, 1.54) is 17.4 Å². The van der Waals surface area contributed by atoms with Crippen molar-refractivity contribution in [2.45, 2.75) is 6.04 Å². The first-order valence-corrected chi connectivity index (χ1v) is 8.89. The molecule has 0 fully saturated rings. The number of fused-ring (bicyclic) bond motifs is 1. The Morgan fingerprint density at radius 2 is 2.08 bits per heavy atom. The molecule has 3 rings (SSSR count). The van der Waals surface area contributed by atoms with Crippen molar-refractivity contribution < 1.29 is 9.66 Å². The van der Waals surface area contributed by atoms with Crippen molar-refractivity contribution in [1.82, 2.24) is 9.88 Å². The summed E-state index contributed by atoms with van der Waals surface area (Å²) in [5.41, 5.74) is 1.92. The number of non-ortho nitro benzene ring substituents is 1. The first-order valence-electron chi connectivity index (χ1n) is 8.08. The lowest BCUT2D eigenvalue weighted by atomic mass is 10.0. The second kappa shape index (κ2) is 7.67. The van der Waals surface area contributed by atoms with Crippen LogP contribution in [0.4, 0.5) is 10.8 Å². The van der Waals surface area contributed by atoms with Gasteiger partial charge in [-0.2, -0.15) is 0 Å². The van der Waals surface area contributed by atoms with E-state index in [2.05, 4.69) is 15.2 Å².